The molecule has 1 aliphatic heterocycles. The predicted molar refractivity (Wildman–Crippen MR) is 39.5 cm³/mol. The van der Waals surface area contributed by atoms with E-state index in [9.17, 15) is 4.79 Å². The minimum absolute atomic E-state index is 0.501. The van der Waals surface area contributed by atoms with Gasteiger partial charge in [-0.25, -0.2) is 0 Å². The van der Waals surface area contributed by atoms with Crippen molar-refractivity contribution in [3.05, 3.63) is 0 Å². The lowest BCUT2D eigenvalue weighted by molar-refractivity contribution is 0.339. The fourth-order valence-corrected chi connectivity index (χ4v) is 1.83. The van der Waals surface area contributed by atoms with Crippen molar-refractivity contribution in [2.45, 2.75) is 0 Å². The molecule has 2 nitrogen and oxygen atoms in total. The van der Waals surface area contributed by atoms with Crippen LogP contribution in [-0.2, 0) is 4.79 Å². The van der Waals surface area contributed by atoms with E-state index < -0.39 is 0 Å². The standard InChI is InChI=1S/C6H10NOS/c8-4-1-7-2-5-9-6-3-7/h1-3,5-6H2. The summed E-state index contributed by atoms with van der Waals surface area (Å²) in [6.07, 6.45) is 1.90. The molecule has 9 heavy (non-hydrogen) atoms. The molecule has 0 aromatic rings. The maximum absolute atomic E-state index is 9.90. The second kappa shape index (κ2) is 3.90. The second-order valence-electron chi connectivity index (χ2n) is 2.03. The molecule has 0 spiro atoms. The molecule has 1 rings (SSSR count). The van der Waals surface area contributed by atoms with Crippen LogP contribution in [0, 0.1) is 0 Å². The van der Waals surface area contributed by atoms with Gasteiger partial charge in [-0.3, -0.25) is 9.69 Å². The average Bonchev–Trinajstić information content (AvgIpc) is 1.91. The molecular formula is C6H10NOS. The van der Waals surface area contributed by atoms with Gasteiger partial charge in [0.2, 0.25) is 6.29 Å². The lowest BCUT2D eigenvalue weighted by atomic mass is 10.5. The van der Waals surface area contributed by atoms with Crippen LogP contribution in [-0.4, -0.2) is 42.3 Å². The minimum Gasteiger partial charge on any atom is -0.294 e. The number of thioether (sulfide) groups is 1. The monoisotopic (exact) mass is 144 g/mol. The van der Waals surface area contributed by atoms with Gasteiger partial charge in [0.05, 0.1) is 6.54 Å². The molecule has 0 aromatic heterocycles. The first-order chi connectivity index (χ1) is 4.43. The molecule has 3 heteroatoms. The fourth-order valence-electron chi connectivity index (χ4n) is 0.851. The summed E-state index contributed by atoms with van der Waals surface area (Å²) in [7, 11) is 0. The van der Waals surface area contributed by atoms with Gasteiger partial charge in [-0.1, -0.05) is 0 Å². The van der Waals surface area contributed by atoms with Crippen molar-refractivity contribution >= 4 is 18.0 Å². The number of hydrogen-bond donors (Lipinski definition) is 0. The van der Waals surface area contributed by atoms with Gasteiger partial charge >= 0.3 is 0 Å². The third kappa shape index (κ3) is 2.37. The van der Waals surface area contributed by atoms with Gasteiger partial charge in [-0.05, 0) is 0 Å². The van der Waals surface area contributed by atoms with Crippen molar-refractivity contribution in [3.63, 3.8) is 0 Å². The van der Waals surface area contributed by atoms with Crippen LogP contribution in [0.25, 0.3) is 0 Å². The molecule has 0 unspecified atom stereocenters. The van der Waals surface area contributed by atoms with Gasteiger partial charge in [0.25, 0.3) is 0 Å². The van der Waals surface area contributed by atoms with Crippen LogP contribution in [0.15, 0.2) is 0 Å². The van der Waals surface area contributed by atoms with Crippen LogP contribution >= 0.6 is 11.8 Å². The molecule has 1 heterocycles. The summed E-state index contributed by atoms with van der Waals surface area (Å²) >= 11 is 1.95. The van der Waals surface area contributed by atoms with Crippen LogP contribution < -0.4 is 0 Å². The van der Waals surface area contributed by atoms with Crippen molar-refractivity contribution in [2.75, 3.05) is 31.1 Å². The highest BCUT2D eigenvalue weighted by Gasteiger charge is 2.08. The number of nitrogens with zero attached hydrogens (tertiary/aromatic N) is 1. The van der Waals surface area contributed by atoms with Crippen LogP contribution in [0.1, 0.15) is 0 Å². The van der Waals surface area contributed by atoms with Crippen LogP contribution in [0.5, 0.6) is 0 Å². The minimum atomic E-state index is 0.501. The zero-order chi connectivity index (χ0) is 6.53. The molecule has 0 saturated carbocycles. The van der Waals surface area contributed by atoms with Crippen molar-refractivity contribution < 1.29 is 4.79 Å². The van der Waals surface area contributed by atoms with Gasteiger partial charge < -0.3 is 0 Å². The summed E-state index contributed by atoms with van der Waals surface area (Å²) in [5.41, 5.74) is 0. The maximum atomic E-state index is 9.90. The first kappa shape index (κ1) is 7.09. The Labute approximate surface area is 59.6 Å². The smallest absolute Gasteiger partial charge is 0.213 e. The fraction of sp³-hybridized carbons (Fsp3) is 0.833. The Morgan fingerprint density at radius 1 is 1.44 bits per heavy atom. The first-order valence-corrected chi connectivity index (χ1v) is 4.24. The van der Waals surface area contributed by atoms with E-state index >= 15 is 0 Å². The predicted octanol–water partition coefficient (Wildman–Crippen LogP) is 0.145. The first-order valence-electron chi connectivity index (χ1n) is 3.08. The third-order valence-corrected chi connectivity index (χ3v) is 2.33. The maximum Gasteiger partial charge on any atom is 0.213 e. The summed E-state index contributed by atoms with van der Waals surface area (Å²) in [5, 5.41) is 0. The zero-order valence-corrected chi connectivity index (χ0v) is 6.12. The van der Waals surface area contributed by atoms with Crippen molar-refractivity contribution in [3.8, 4) is 0 Å². The van der Waals surface area contributed by atoms with Gasteiger partial charge in [-0.15, -0.1) is 0 Å². The van der Waals surface area contributed by atoms with E-state index in [2.05, 4.69) is 4.90 Å². The lowest BCUT2D eigenvalue weighted by Crippen LogP contribution is -2.33. The van der Waals surface area contributed by atoms with E-state index in [-0.39, 0.29) is 0 Å². The topological polar surface area (TPSA) is 20.3 Å². The van der Waals surface area contributed by atoms with E-state index in [0.29, 0.717) is 6.54 Å². The largest absolute Gasteiger partial charge is 0.294 e. The molecule has 0 atom stereocenters. The quantitative estimate of drug-likeness (QED) is 0.550. The van der Waals surface area contributed by atoms with Gasteiger partial charge in [-0.2, -0.15) is 11.8 Å². The Morgan fingerprint density at radius 2 is 2.11 bits per heavy atom. The third-order valence-electron chi connectivity index (χ3n) is 1.39. The number of rotatable bonds is 2. The Morgan fingerprint density at radius 3 is 2.67 bits per heavy atom. The highest BCUT2D eigenvalue weighted by molar-refractivity contribution is 7.99. The van der Waals surface area contributed by atoms with E-state index in [1.54, 1.807) is 0 Å². The Bertz CT molecular complexity index is 91.1. The molecule has 0 aliphatic carbocycles. The summed E-state index contributed by atoms with van der Waals surface area (Å²) < 4.78 is 0. The van der Waals surface area contributed by atoms with Crippen LogP contribution in [0.2, 0.25) is 0 Å². The average molecular weight is 144 g/mol. The van der Waals surface area contributed by atoms with E-state index in [4.69, 9.17) is 0 Å². The van der Waals surface area contributed by atoms with E-state index in [1.165, 1.54) is 11.5 Å². The van der Waals surface area contributed by atoms with Crippen molar-refractivity contribution in [2.24, 2.45) is 0 Å². The highest BCUT2D eigenvalue weighted by atomic mass is 32.2. The number of carbonyl (C=O) groups excluding carboxylic acids is 1. The molecule has 1 aliphatic rings. The Kier molecular flexibility index (Phi) is 3.08. The van der Waals surface area contributed by atoms with Gasteiger partial charge in [0.1, 0.15) is 0 Å². The van der Waals surface area contributed by atoms with Crippen molar-refractivity contribution in [1.29, 1.82) is 0 Å². The zero-order valence-electron chi connectivity index (χ0n) is 5.30. The van der Waals surface area contributed by atoms with E-state index in [1.807, 2.05) is 18.0 Å². The lowest BCUT2D eigenvalue weighted by Gasteiger charge is -2.22. The van der Waals surface area contributed by atoms with E-state index in [0.717, 1.165) is 13.1 Å². The highest BCUT2D eigenvalue weighted by Crippen LogP contribution is 2.07. The Balaban J connectivity index is 2.15. The summed E-state index contributed by atoms with van der Waals surface area (Å²) in [6.45, 7) is 2.61. The molecule has 1 saturated heterocycles. The molecule has 0 bridgehead atoms. The molecule has 0 amide bonds. The summed E-state index contributed by atoms with van der Waals surface area (Å²) in [6, 6.07) is 0. The molecule has 1 fully saturated rings. The summed E-state index contributed by atoms with van der Waals surface area (Å²) in [4.78, 5) is 12.0. The van der Waals surface area contributed by atoms with Crippen LogP contribution in [0.3, 0.4) is 0 Å². The number of hydrogen-bond acceptors (Lipinski definition) is 3. The molecule has 1 radical (unpaired) electrons. The van der Waals surface area contributed by atoms with Gasteiger partial charge in [0, 0.05) is 24.6 Å². The second-order valence-corrected chi connectivity index (χ2v) is 3.26. The normalized spacial score (nSPS) is 21.8. The SMILES string of the molecule is O=[C]CN1CCSCC1. The Hall–Kier alpha value is -0.0200. The van der Waals surface area contributed by atoms with Gasteiger partial charge in [0.15, 0.2) is 0 Å². The molecule has 51 valence electrons. The molecular weight excluding hydrogens is 134 g/mol. The van der Waals surface area contributed by atoms with Crippen molar-refractivity contribution in [1.82, 2.24) is 4.90 Å². The summed E-state index contributed by atoms with van der Waals surface area (Å²) in [5.74, 6) is 2.34. The molecule has 0 aromatic carbocycles. The molecule has 0 N–H and O–H groups in total. The van der Waals surface area contributed by atoms with Crippen LogP contribution in [0.4, 0.5) is 0 Å².